The molecule has 0 saturated heterocycles. The van der Waals surface area contributed by atoms with Crippen LogP contribution < -0.4 is 4.90 Å². The fourth-order valence-electron chi connectivity index (χ4n) is 5.22. The van der Waals surface area contributed by atoms with E-state index < -0.39 is 5.97 Å². The van der Waals surface area contributed by atoms with Gasteiger partial charge in [0.2, 0.25) is 0 Å². The molecule has 0 bridgehead atoms. The zero-order valence-corrected chi connectivity index (χ0v) is 20.9. The van der Waals surface area contributed by atoms with E-state index in [0.717, 1.165) is 24.0 Å². The number of anilines is 1. The lowest BCUT2D eigenvalue weighted by Crippen LogP contribution is -2.42. The van der Waals surface area contributed by atoms with E-state index in [1.807, 2.05) is 30.1 Å². The van der Waals surface area contributed by atoms with Crippen LogP contribution in [0.15, 0.2) is 85.2 Å². The van der Waals surface area contributed by atoms with Crippen LogP contribution in [0.3, 0.4) is 0 Å². The number of nitrogens with zero attached hydrogens (tertiary/aromatic N) is 3. The van der Waals surface area contributed by atoms with Crippen LogP contribution in [0.25, 0.3) is 17.2 Å². The fraction of sp³-hybridized carbons (Fsp3) is 0.226. The summed E-state index contributed by atoms with van der Waals surface area (Å²) in [5.41, 5.74) is 9.55. The van der Waals surface area contributed by atoms with Gasteiger partial charge in [-0.05, 0) is 71.4 Å². The van der Waals surface area contributed by atoms with Crippen molar-refractivity contribution in [2.24, 2.45) is 7.05 Å². The molecule has 1 aliphatic rings. The number of hydrogen-bond donors (Lipinski definition) is 1. The van der Waals surface area contributed by atoms with Gasteiger partial charge in [0.15, 0.2) is 0 Å². The largest absolute Gasteiger partial charge is 0.478 e. The maximum Gasteiger partial charge on any atom is 0.328 e. The van der Waals surface area contributed by atoms with Crippen LogP contribution in [0.1, 0.15) is 47.7 Å². The molecule has 1 aromatic heterocycles. The first-order valence-electron chi connectivity index (χ1n) is 12.4. The van der Waals surface area contributed by atoms with Crippen molar-refractivity contribution in [3.05, 3.63) is 113 Å². The molecular formula is C31H31N3O2. The van der Waals surface area contributed by atoms with Crippen molar-refractivity contribution in [1.82, 2.24) is 9.78 Å². The van der Waals surface area contributed by atoms with Crippen molar-refractivity contribution in [2.75, 3.05) is 4.90 Å². The van der Waals surface area contributed by atoms with Gasteiger partial charge in [0, 0.05) is 36.6 Å². The second kappa shape index (κ2) is 9.86. The monoisotopic (exact) mass is 477 g/mol. The molecule has 0 aliphatic carbocycles. The SMILES string of the molecule is CCc1ccc(N2C(C)Cc3cc(-c4cnn(C)c4)ccc3C2c2ccc(/C=C/C(=O)O)cc2)cc1. The summed E-state index contributed by atoms with van der Waals surface area (Å²) in [7, 11) is 1.94. The summed E-state index contributed by atoms with van der Waals surface area (Å²) in [6.07, 6.45) is 8.74. The standard InChI is InChI=1S/C31H31N3O2/c1-4-22-7-13-28(14-8-22)34-21(2)17-26-18-25(27-19-32-33(3)20-27)12-15-29(26)31(34)24-10-5-23(6-11-24)9-16-30(35)36/h5-16,18-21,31H,4,17H2,1-3H3,(H,35,36)/b16-9+. The quantitative estimate of drug-likeness (QED) is 0.332. The molecule has 4 aromatic rings. The first-order chi connectivity index (χ1) is 17.4. The summed E-state index contributed by atoms with van der Waals surface area (Å²) in [6.45, 7) is 4.47. The second-order valence-electron chi connectivity index (χ2n) is 9.54. The molecule has 2 atom stereocenters. The zero-order valence-electron chi connectivity index (χ0n) is 20.9. The van der Waals surface area contributed by atoms with Crippen molar-refractivity contribution in [1.29, 1.82) is 0 Å². The van der Waals surface area contributed by atoms with Crippen LogP contribution in [-0.4, -0.2) is 26.9 Å². The fourth-order valence-corrected chi connectivity index (χ4v) is 5.22. The molecule has 5 rings (SSSR count). The highest BCUT2D eigenvalue weighted by Gasteiger charge is 2.33. The summed E-state index contributed by atoms with van der Waals surface area (Å²) in [5, 5.41) is 13.3. The maximum absolute atomic E-state index is 10.9. The number of aliphatic carboxylic acids is 1. The molecule has 182 valence electrons. The van der Waals surface area contributed by atoms with Crippen LogP contribution in [0.2, 0.25) is 0 Å². The lowest BCUT2D eigenvalue weighted by Gasteiger charge is -2.44. The van der Waals surface area contributed by atoms with Crippen LogP contribution in [-0.2, 0) is 24.7 Å². The topological polar surface area (TPSA) is 58.4 Å². The molecule has 1 N–H and O–H groups in total. The van der Waals surface area contributed by atoms with Gasteiger partial charge in [-0.1, -0.05) is 61.5 Å². The Bertz CT molecular complexity index is 1400. The van der Waals surface area contributed by atoms with Gasteiger partial charge in [-0.15, -0.1) is 0 Å². The molecule has 0 spiro atoms. The van der Waals surface area contributed by atoms with Gasteiger partial charge in [-0.25, -0.2) is 4.79 Å². The number of carbonyl (C=O) groups is 1. The van der Waals surface area contributed by atoms with Gasteiger partial charge >= 0.3 is 5.97 Å². The first kappa shape index (κ1) is 23.6. The van der Waals surface area contributed by atoms with Crippen LogP contribution in [0.4, 0.5) is 5.69 Å². The Labute approximate surface area is 212 Å². The average Bonchev–Trinajstić information content (AvgIpc) is 3.33. The van der Waals surface area contributed by atoms with Crippen LogP contribution in [0.5, 0.6) is 0 Å². The van der Waals surface area contributed by atoms with Crippen LogP contribution in [0, 0.1) is 0 Å². The van der Waals surface area contributed by atoms with E-state index in [1.165, 1.54) is 39.6 Å². The number of rotatable bonds is 6. The lowest BCUT2D eigenvalue weighted by atomic mass is 9.83. The smallest absolute Gasteiger partial charge is 0.328 e. The lowest BCUT2D eigenvalue weighted by molar-refractivity contribution is -0.131. The van der Waals surface area contributed by atoms with E-state index in [0.29, 0.717) is 6.04 Å². The predicted octanol–water partition coefficient (Wildman–Crippen LogP) is 6.29. The third kappa shape index (κ3) is 4.69. The van der Waals surface area contributed by atoms with E-state index in [4.69, 9.17) is 5.11 Å². The van der Waals surface area contributed by atoms with Crippen molar-refractivity contribution in [3.63, 3.8) is 0 Å². The average molecular weight is 478 g/mol. The number of carboxylic acid groups (broad SMARTS) is 1. The highest BCUT2D eigenvalue weighted by Crippen LogP contribution is 2.42. The van der Waals surface area contributed by atoms with E-state index in [1.54, 1.807) is 6.08 Å². The Hall–Kier alpha value is -4.12. The minimum atomic E-state index is -0.944. The van der Waals surface area contributed by atoms with Gasteiger partial charge in [-0.3, -0.25) is 4.68 Å². The minimum absolute atomic E-state index is 0.0525. The minimum Gasteiger partial charge on any atom is -0.478 e. The number of fused-ring (bicyclic) bond motifs is 1. The molecule has 0 fully saturated rings. The second-order valence-corrected chi connectivity index (χ2v) is 9.54. The van der Waals surface area contributed by atoms with Gasteiger partial charge in [0.25, 0.3) is 0 Å². The molecule has 2 heterocycles. The number of benzene rings is 3. The third-order valence-electron chi connectivity index (χ3n) is 7.06. The van der Waals surface area contributed by atoms with E-state index in [2.05, 4.69) is 84.6 Å². The predicted molar refractivity (Wildman–Crippen MR) is 145 cm³/mol. The van der Waals surface area contributed by atoms with Crippen molar-refractivity contribution in [2.45, 2.75) is 38.8 Å². The number of carboxylic acids is 1. The summed E-state index contributed by atoms with van der Waals surface area (Å²) >= 11 is 0. The Morgan fingerprint density at radius 3 is 2.44 bits per heavy atom. The van der Waals surface area contributed by atoms with Gasteiger partial charge in [0.05, 0.1) is 12.2 Å². The Balaban J connectivity index is 1.60. The van der Waals surface area contributed by atoms with E-state index in [-0.39, 0.29) is 6.04 Å². The van der Waals surface area contributed by atoms with Gasteiger partial charge in [0.1, 0.15) is 0 Å². The molecule has 0 radical (unpaired) electrons. The Morgan fingerprint density at radius 1 is 1.06 bits per heavy atom. The number of aryl methyl sites for hydroxylation is 2. The molecule has 36 heavy (non-hydrogen) atoms. The van der Waals surface area contributed by atoms with E-state index >= 15 is 0 Å². The normalized spacial score (nSPS) is 17.4. The Morgan fingerprint density at radius 2 is 1.81 bits per heavy atom. The van der Waals surface area contributed by atoms with Crippen molar-refractivity contribution in [3.8, 4) is 11.1 Å². The summed E-state index contributed by atoms with van der Waals surface area (Å²) in [6, 6.07) is 24.3. The summed E-state index contributed by atoms with van der Waals surface area (Å²) in [5.74, 6) is -0.944. The summed E-state index contributed by atoms with van der Waals surface area (Å²) in [4.78, 5) is 13.5. The highest BCUT2D eigenvalue weighted by molar-refractivity contribution is 5.85. The highest BCUT2D eigenvalue weighted by atomic mass is 16.4. The molecule has 3 aromatic carbocycles. The molecule has 0 amide bonds. The van der Waals surface area contributed by atoms with Gasteiger partial charge < -0.3 is 10.0 Å². The molecule has 1 aliphatic heterocycles. The first-order valence-corrected chi connectivity index (χ1v) is 12.4. The van der Waals surface area contributed by atoms with E-state index in [9.17, 15) is 4.79 Å². The molecule has 0 saturated carbocycles. The van der Waals surface area contributed by atoms with Crippen molar-refractivity contribution < 1.29 is 9.90 Å². The maximum atomic E-state index is 10.9. The number of hydrogen-bond acceptors (Lipinski definition) is 3. The number of aromatic nitrogens is 2. The molecule has 5 heteroatoms. The summed E-state index contributed by atoms with van der Waals surface area (Å²) < 4.78 is 1.84. The molecule has 5 nitrogen and oxygen atoms in total. The zero-order chi connectivity index (χ0) is 25.2. The molecule has 2 unspecified atom stereocenters. The Kier molecular flexibility index (Phi) is 6.47. The third-order valence-corrected chi connectivity index (χ3v) is 7.06. The molecular weight excluding hydrogens is 446 g/mol. The van der Waals surface area contributed by atoms with Gasteiger partial charge in [-0.2, -0.15) is 5.10 Å². The van der Waals surface area contributed by atoms with Crippen molar-refractivity contribution >= 4 is 17.7 Å². The van der Waals surface area contributed by atoms with Crippen LogP contribution >= 0.6 is 0 Å².